The first-order valence-electron chi connectivity index (χ1n) is 9.77. The lowest BCUT2D eigenvalue weighted by atomic mass is 9.96. The normalized spacial score (nSPS) is 17.5. The number of rotatable bonds is 3. The average molecular weight is 418 g/mol. The van der Waals surface area contributed by atoms with Gasteiger partial charge in [-0.15, -0.1) is 0 Å². The third-order valence-corrected chi connectivity index (χ3v) is 6.39. The Kier molecular flexibility index (Phi) is 5.81. The minimum Gasteiger partial charge on any atom is -0.369 e. The Hall–Kier alpha value is -1.75. The van der Waals surface area contributed by atoms with Crippen molar-refractivity contribution in [1.82, 2.24) is 9.80 Å². The van der Waals surface area contributed by atoms with Crippen molar-refractivity contribution in [2.24, 2.45) is 0 Å². The highest BCUT2D eigenvalue weighted by molar-refractivity contribution is 6.35. The third-order valence-electron chi connectivity index (χ3n) is 5.80. The summed E-state index contributed by atoms with van der Waals surface area (Å²) in [6.07, 6.45) is 1.21. The number of halogens is 2. The van der Waals surface area contributed by atoms with E-state index in [4.69, 9.17) is 23.2 Å². The SMILES string of the molecule is CN1CCN(c2cccc3c2CN(C(=O)Cc2ccc(Cl)cc2Cl)CC3)CC1. The number of fused-ring (bicyclic) bond motifs is 1. The summed E-state index contributed by atoms with van der Waals surface area (Å²) >= 11 is 12.2. The average Bonchev–Trinajstić information content (AvgIpc) is 2.70. The van der Waals surface area contributed by atoms with Crippen molar-refractivity contribution in [2.45, 2.75) is 19.4 Å². The molecule has 2 heterocycles. The molecular formula is C22H25Cl2N3O. The van der Waals surface area contributed by atoms with Crippen LogP contribution in [0.4, 0.5) is 5.69 Å². The van der Waals surface area contributed by atoms with E-state index in [1.807, 2.05) is 11.0 Å². The molecule has 2 aromatic carbocycles. The van der Waals surface area contributed by atoms with Gasteiger partial charge in [-0.25, -0.2) is 0 Å². The van der Waals surface area contributed by atoms with Gasteiger partial charge in [-0.2, -0.15) is 0 Å². The Balaban J connectivity index is 1.51. The van der Waals surface area contributed by atoms with Crippen LogP contribution < -0.4 is 4.90 Å². The molecule has 0 aliphatic carbocycles. The van der Waals surface area contributed by atoms with Gasteiger partial charge >= 0.3 is 0 Å². The van der Waals surface area contributed by atoms with E-state index >= 15 is 0 Å². The van der Waals surface area contributed by atoms with Crippen LogP contribution in [0.5, 0.6) is 0 Å². The lowest BCUT2D eigenvalue weighted by Gasteiger charge is -2.38. The van der Waals surface area contributed by atoms with Gasteiger partial charge in [0.1, 0.15) is 0 Å². The number of benzene rings is 2. The fourth-order valence-corrected chi connectivity index (χ4v) is 4.53. The third kappa shape index (κ3) is 4.14. The van der Waals surface area contributed by atoms with Crippen LogP contribution in [0.25, 0.3) is 0 Å². The molecule has 2 aliphatic heterocycles. The van der Waals surface area contributed by atoms with Crippen LogP contribution in [0.2, 0.25) is 10.0 Å². The summed E-state index contributed by atoms with van der Waals surface area (Å²) in [6.45, 7) is 5.62. The van der Waals surface area contributed by atoms with Crippen LogP contribution in [-0.4, -0.2) is 55.5 Å². The number of anilines is 1. The zero-order chi connectivity index (χ0) is 19.7. The second-order valence-electron chi connectivity index (χ2n) is 7.68. The van der Waals surface area contributed by atoms with Gasteiger partial charge in [0, 0.05) is 55.0 Å². The van der Waals surface area contributed by atoms with Gasteiger partial charge in [0.15, 0.2) is 0 Å². The topological polar surface area (TPSA) is 26.8 Å². The van der Waals surface area contributed by atoms with Crippen LogP contribution in [0.15, 0.2) is 36.4 Å². The standard InChI is InChI=1S/C22H25Cl2N3O/c1-25-9-11-26(12-10-25)21-4-2-3-16-7-8-27(15-19(16)21)22(28)13-17-5-6-18(23)14-20(17)24/h2-6,14H,7-13,15H2,1H3. The fraction of sp³-hybridized carbons (Fsp3) is 0.409. The molecule has 0 bridgehead atoms. The molecular weight excluding hydrogens is 393 g/mol. The molecule has 0 saturated carbocycles. The number of hydrogen-bond donors (Lipinski definition) is 0. The summed E-state index contributed by atoms with van der Waals surface area (Å²) in [6, 6.07) is 11.9. The van der Waals surface area contributed by atoms with E-state index in [1.165, 1.54) is 16.8 Å². The van der Waals surface area contributed by atoms with E-state index in [9.17, 15) is 4.79 Å². The number of hydrogen-bond acceptors (Lipinski definition) is 3. The van der Waals surface area contributed by atoms with Gasteiger partial charge in [-0.1, -0.05) is 41.4 Å². The molecule has 6 heteroatoms. The molecule has 0 atom stereocenters. The maximum atomic E-state index is 13.0. The second-order valence-corrected chi connectivity index (χ2v) is 8.53. The summed E-state index contributed by atoms with van der Waals surface area (Å²) in [4.78, 5) is 19.7. The van der Waals surface area contributed by atoms with Crippen molar-refractivity contribution in [3.8, 4) is 0 Å². The first kappa shape index (κ1) is 19.6. The number of piperazine rings is 1. The Bertz CT molecular complexity index is 878. The predicted molar refractivity (Wildman–Crippen MR) is 115 cm³/mol. The van der Waals surface area contributed by atoms with Gasteiger partial charge < -0.3 is 14.7 Å². The molecule has 4 nitrogen and oxygen atoms in total. The number of amides is 1. The molecule has 1 saturated heterocycles. The first-order chi connectivity index (χ1) is 13.5. The minimum atomic E-state index is 0.114. The summed E-state index contributed by atoms with van der Waals surface area (Å²) in [5.41, 5.74) is 4.78. The summed E-state index contributed by atoms with van der Waals surface area (Å²) < 4.78 is 0. The molecule has 2 aromatic rings. The molecule has 4 rings (SSSR count). The van der Waals surface area contributed by atoms with Crippen molar-refractivity contribution >= 4 is 34.8 Å². The van der Waals surface area contributed by atoms with E-state index in [2.05, 4.69) is 35.0 Å². The summed E-state index contributed by atoms with van der Waals surface area (Å²) in [5.74, 6) is 0.114. The van der Waals surface area contributed by atoms with E-state index in [0.717, 1.165) is 44.7 Å². The van der Waals surface area contributed by atoms with Gasteiger partial charge in [0.2, 0.25) is 5.91 Å². The van der Waals surface area contributed by atoms with E-state index in [1.54, 1.807) is 12.1 Å². The highest BCUT2D eigenvalue weighted by atomic mass is 35.5. The Morgan fingerprint density at radius 3 is 2.57 bits per heavy atom. The maximum absolute atomic E-state index is 13.0. The molecule has 148 valence electrons. The van der Waals surface area contributed by atoms with Gasteiger partial charge in [-0.05, 0) is 48.4 Å². The highest BCUT2D eigenvalue weighted by Gasteiger charge is 2.26. The number of carbonyl (C=O) groups is 1. The molecule has 0 unspecified atom stereocenters. The largest absolute Gasteiger partial charge is 0.369 e. The molecule has 0 N–H and O–H groups in total. The minimum absolute atomic E-state index is 0.114. The highest BCUT2D eigenvalue weighted by Crippen LogP contribution is 2.30. The summed E-state index contributed by atoms with van der Waals surface area (Å²) in [7, 11) is 2.17. The predicted octanol–water partition coefficient (Wildman–Crippen LogP) is 3.87. The number of nitrogens with zero attached hydrogens (tertiary/aromatic N) is 3. The molecule has 1 fully saturated rings. The molecule has 2 aliphatic rings. The monoisotopic (exact) mass is 417 g/mol. The lowest BCUT2D eigenvalue weighted by Crippen LogP contribution is -2.45. The quantitative estimate of drug-likeness (QED) is 0.757. The lowest BCUT2D eigenvalue weighted by molar-refractivity contribution is -0.131. The maximum Gasteiger partial charge on any atom is 0.227 e. The first-order valence-corrected chi connectivity index (χ1v) is 10.5. The smallest absolute Gasteiger partial charge is 0.227 e. The van der Waals surface area contributed by atoms with Crippen molar-refractivity contribution in [1.29, 1.82) is 0 Å². The van der Waals surface area contributed by atoms with E-state index in [-0.39, 0.29) is 5.91 Å². The second kappa shape index (κ2) is 8.32. The van der Waals surface area contributed by atoms with Gasteiger partial charge in [-0.3, -0.25) is 4.79 Å². The van der Waals surface area contributed by atoms with Crippen LogP contribution in [-0.2, 0) is 24.2 Å². The summed E-state index contributed by atoms with van der Waals surface area (Å²) in [5, 5.41) is 1.14. The Morgan fingerprint density at radius 1 is 1.04 bits per heavy atom. The Morgan fingerprint density at radius 2 is 1.82 bits per heavy atom. The van der Waals surface area contributed by atoms with Gasteiger partial charge in [0.25, 0.3) is 0 Å². The van der Waals surface area contributed by atoms with Crippen LogP contribution in [0.3, 0.4) is 0 Å². The van der Waals surface area contributed by atoms with Crippen molar-refractivity contribution in [3.05, 3.63) is 63.1 Å². The van der Waals surface area contributed by atoms with Crippen LogP contribution >= 0.6 is 23.2 Å². The van der Waals surface area contributed by atoms with Crippen molar-refractivity contribution < 1.29 is 4.79 Å². The fourth-order valence-electron chi connectivity index (χ4n) is 4.06. The Labute approximate surface area is 176 Å². The van der Waals surface area contributed by atoms with Crippen LogP contribution in [0.1, 0.15) is 16.7 Å². The van der Waals surface area contributed by atoms with Crippen molar-refractivity contribution in [3.63, 3.8) is 0 Å². The number of carbonyl (C=O) groups excluding carboxylic acids is 1. The molecule has 0 aromatic heterocycles. The molecule has 28 heavy (non-hydrogen) atoms. The van der Waals surface area contributed by atoms with Crippen molar-refractivity contribution in [2.75, 3.05) is 44.7 Å². The van der Waals surface area contributed by atoms with E-state index < -0.39 is 0 Å². The molecule has 0 radical (unpaired) electrons. The van der Waals surface area contributed by atoms with E-state index in [0.29, 0.717) is 23.0 Å². The number of likely N-dealkylation sites (N-methyl/N-ethyl adjacent to an activating group) is 1. The van der Waals surface area contributed by atoms with Crippen LogP contribution in [0, 0.1) is 0 Å². The zero-order valence-electron chi connectivity index (χ0n) is 16.1. The molecule has 1 amide bonds. The zero-order valence-corrected chi connectivity index (χ0v) is 17.6. The molecule has 0 spiro atoms. The van der Waals surface area contributed by atoms with Gasteiger partial charge in [0.05, 0.1) is 6.42 Å².